The zero-order chi connectivity index (χ0) is 14.2. The van der Waals surface area contributed by atoms with Crippen molar-refractivity contribution in [2.45, 2.75) is 12.5 Å². The summed E-state index contributed by atoms with van der Waals surface area (Å²) in [6.07, 6.45) is 3.79. The molecule has 1 heterocycles. The Morgan fingerprint density at radius 3 is 2.50 bits per heavy atom. The maximum Gasteiger partial charge on any atom is 0.319 e. The lowest BCUT2D eigenvalue weighted by Gasteiger charge is -2.17. The monoisotopic (exact) mass is 271 g/mol. The van der Waals surface area contributed by atoms with Gasteiger partial charge in [-0.15, -0.1) is 0 Å². The Balaban J connectivity index is 1.88. The van der Waals surface area contributed by atoms with Crippen LogP contribution in [0.4, 0.5) is 10.5 Å². The summed E-state index contributed by atoms with van der Waals surface area (Å²) in [6.45, 7) is -0.112. The van der Waals surface area contributed by atoms with Gasteiger partial charge in [0, 0.05) is 18.1 Å². The molecule has 0 aliphatic carbocycles. The molecule has 5 heteroatoms. The highest BCUT2D eigenvalue weighted by Gasteiger charge is 2.11. The van der Waals surface area contributed by atoms with Gasteiger partial charge in [0.2, 0.25) is 0 Å². The fourth-order valence-electron chi connectivity index (χ4n) is 1.85. The molecule has 0 radical (unpaired) electrons. The molecule has 0 spiro atoms. The normalized spacial score (nSPS) is 11.7. The van der Waals surface area contributed by atoms with Crippen molar-refractivity contribution in [2.24, 2.45) is 0 Å². The van der Waals surface area contributed by atoms with E-state index in [1.807, 2.05) is 30.3 Å². The van der Waals surface area contributed by atoms with Crippen LogP contribution in [-0.4, -0.2) is 28.8 Å². The van der Waals surface area contributed by atoms with Gasteiger partial charge in [-0.1, -0.05) is 30.3 Å². The summed E-state index contributed by atoms with van der Waals surface area (Å²) < 4.78 is 0. The van der Waals surface area contributed by atoms with Gasteiger partial charge in [0.1, 0.15) is 0 Å². The zero-order valence-electron chi connectivity index (χ0n) is 11.0. The first-order valence-corrected chi connectivity index (χ1v) is 6.40. The van der Waals surface area contributed by atoms with Crippen LogP contribution in [0.25, 0.3) is 0 Å². The van der Waals surface area contributed by atoms with Gasteiger partial charge in [0.25, 0.3) is 0 Å². The smallest absolute Gasteiger partial charge is 0.319 e. The minimum absolute atomic E-state index is 0.112. The van der Waals surface area contributed by atoms with E-state index in [4.69, 9.17) is 0 Å². The fraction of sp³-hybridized carbons (Fsp3) is 0.200. The summed E-state index contributed by atoms with van der Waals surface area (Å²) in [5.74, 6) is 0. The molecule has 1 aromatic carbocycles. The minimum Gasteiger partial charge on any atom is -0.394 e. The number of nitrogens with one attached hydrogen (secondary N) is 2. The first kappa shape index (κ1) is 14.0. The number of hydrogen-bond acceptors (Lipinski definition) is 3. The number of nitrogens with zero attached hydrogens (tertiary/aromatic N) is 1. The van der Waals surface area contributed by atoms with Crippen molar-refractivity contribution in [1.29, 1.82) is 0 Å². The number of benzene rings is 1. The number of hydrogen-bond donors (Lipinski definition) is 3. The molecule has 20 heavy (non-hydrogen) atoms. The van der Waals surface area contributed by atoms with Crippen LogP contribution in [0.1, 0.15) is 5.56 Å². The maximum atomic E-state index is 11.8. The second-order valence-electron chi connectivity index (χ2n) is 4.40. The van der Waals surface area contributed by atoms with E-state index in [2.05, 4.69) is 15.6 Å². The molecule has 0 aliphatic heterocycles. The molecule has 2 rings (SSSR count). The predicted octanol–water partition coefficient (Wildman–Crippen LogP) is 1.81. The van der Waals surface area contributed by atoms with Crippen molar-refractivity contribution in [3.05, 3.63) is 60.4 Å². The molecule has 1 aromatic heterocycles. The number of rotatable bonds is 5. The molecule has 5 nitrogen and oxygen atoms in total. The molecule has 2 amide bonds. The van der Waals surface area contributed by atoms with E-state index in [0.29, 0.717) is 12.1 Å². The van der Waals surface area contributed by atoms with Gasteiger partial charge in [-0.25, -0.2) is 4.79 Å². The zero-order valence-corrected chi connectivity index (χ0v) is 11.0. The van der Waals surface area contributed by atoms with Gasteiger partial charge >= 0.3 is 6.03 Å². The maximum absolute atomic E-state index is 11.8. The van der Waals surface area contributed by atoms with Crippen LogP contribution in [0.2, 0.25) is 0 Å². The second kappa shape index (κ2) is 7.25. The Bertz CT molecular complexity index is 531. The Morgan fingerprint density at radius 2 is 1.85 bits per heavy atom. The van der Waals surface area contributed by atoms with Crippen LogP contribution in [0.5, 0.6) is 0 Å². The van der Waals surface area contributed by atoms with Crippen molar-refractivity contribution in [2.75, 3.05) is 11.9 Å². The number of urea groups is 1. The van der Waals surface area contributed by atoms with E-state index in [0.717, 1.165) is 5.56 Å². The molecule has 0 bridgehead atoms. The van der Waals surface area contributed by atoms with Crippen LogP contribution in [0.15, 0.2) is 54.9 Å². The topological polar surface area (TPSA) is 74.2 Å². The van der Waals surface area contributed by atoms with Gasteiger partial charge in [-0.05, 0) is 24.1 Å². The molecule has 104 valence electrons. The Hall–Kier alpha value is -2.40. The third-order valence-corrected chi connectivity index (χ3v) is 2.82. The average molecular weight is 271 g/mol. The third-order valence-electron chi connectivity index (χ3n) is 2.82. The average Bonchev–Trinajstić information content (AvgIpc) is 2.48. The van der Waals surface area contributed by atoms with E-state index >= 15 is 0 Å². The highest BCUT2D eigenvalue weighted by Crippen LogP contribution is 2.05. The lowest BCUT2D eigenvalue weighted by atomic mass is 10.1. The Kier molecular flexibility index (Phi) is 5.08. The summed E-state index contributed by atoms with van der Waals surface area (Å²) >= 11 is 0. The molecule has 3 N–H and O–H groups in total. The van der Waals surface area contributed by atoms with E-state index < -0.39 is 0 Å². The van der Waals surface area contributed by atoms with Crippen LogP contribution in [0, 0.1) is 0 Å². The molecule has 1 atom stereocenters. The molecular formula is C15H17N3O2. The van der Waals surface area contributed by atoms with Crippen molar-refractivity contribution < 1.29 is 9.90 Å². The van der Waals surface area contributed by atoms with E-state index in [9.17, 15) is 9.90 Å². The highest BCUT2D eigenvalue weighted by molar-refractivity contribution is 5.89. The molecule has 1 unspecified atom stereocenters. The quantitative estimate of drug-likeness (QED) is 0.776. The molecule has 0 aliphatic rings. The van der Waals surface area contributed by atoms with E-state index in [-0.39, 0.29) is 18.7 Å². The summed E-state index contributed by atoms with van der Waals surface area (Å²) in [4.78, 5) is 15.7. The number of amides is 2. The first-order chi connectivity index (χ1) is 9.78. The molecular weight excluding hydrogens is 254 g/mol. The van der Waals surface area contributed by atoms with E-state index in [1.165, 1.54) is 0 Å². The number of anilines is 1. The fourth-order valence-corrected chi connectivity index (χ4v) is 1.85. The number of aliphatic hydroxyl groups is 1. The van der Waals surface area contributed by atoms with Crippen LogP contribution >= 0.6 is 0 Å². The first-order valence-electron chi connectivity index (χ1n) is 6.40. The number of aromatic nitrogens is 1. The van der Waals surface area contributed by atoms with Gasteiger partial charge < -0.3 is 15.7 Å². The summed E-state index contributed by atoms with van der Waals surface area (Å²) in [7, 11) is 0. The Morgan fingerprint density at radius 1 is 1.15 bits per heavy atom. The summed E-state index contributed by atoms with van der Waals surface area (Å²) in [6, 6.07) is 12.5. The largest absolute Gasteiger partial charge is 0.394 e. The highest BCUT2D eigenvalue weighted by atomic mass is 16.3. The standard InChI is InChI=1S/C15H17N3O2/c19-11-14(10-12-4-2-1-3-5-12)18-15(20)17-13-6-8-16-9-7-13/h1-9,14,19H,10-11H2,(H2,16,17,18,20). The lowest BCUT2D eigenvalue weighted by Crippen LogP contribution is -2.41. The molecule has 0 saturated carbocycles. The second-order valence-corrected chi connectivity index (χ2v) is 4.40. The van der Waals surface area contributed by atoms with Gasteiger partial charge in [-0.3, -0.25) is 4.98 Å². The van der Waals surface area contributed by atoms with Crippen LogP contribution < -0.4 is 10.6 Å². The Labute approximate surface area is 117 Å². The number of pyridine rings is 1. The SMILES string of the molecule is O=C(Nc1ccncc1)NC(CO)Cc1ccccc1. The van der Waals surface area contributed by atoms with Crippen molar-refractivity contribution in [3.8, 4) is 0 Å². The minimum atomic E-state index is -0.341. The third kappa shape index (κ3) is 4.37. The number of carbonyl (C=O) groups excluding carboxylic acids is 1. The van der Waals surface area contributed by atoms with Gasteiger partial charge in [-0.2, -0.15) is 0 Å². The van der Waals surface area contributed by atoms with Gasteiger partial charge in [0.15, 0.2) is 0 Å². The summed E-state index contributed by atoms with van der Waals surface area (Å²) in [5.41, 5.74) is 1.73. The molecule has 0 saturated heterocycles. The van der Waals surface area contributed by atoms with Crippen LogP contribution in [-0.2, 0) is 6.42 Å². The summed E-state index contributed by atoms with van der Waals surface area (Å²) in [5, 5.41) is 14.8. The number of aliphatic hydroxyl groups excluding tert-OH is 1. The predicted molar refractivity (Wildman–Crippen MR) is 77.4 cm³/mol. The van der Waals surface area contributed by atoms with Crippen LogP contribution in [0.3, 0.4) is 0 Å². The van der Waals surface area contributed by atoms with Crippen molar-refractivity contribution >= 4 is 11.7 Å². The molecule has 2 aromatic rings. The van der Waals surface area contributed by atoms with Crippen molar-refractivity contribution in [3.63, 3.8) is 0 Å². The lowest BCUT2D eigenvalue weighted by molar-refractivity contribution is 0.224. The molecule has 0 fully saturated rings. The number of carbonyl (C=O) groups is 1. The van der Waals surface area contributed by atoms with Crippen molar-refractivity contribution in [1.82, 2.24) is 10.3 Å². The van der Waals surface area contributed by atoms with E-state index in [1.54, 1.807) is 24.5 Å². The van der Waals surface area contributed by atoms with Gasteiger partial charge in [0.05, 0.1) is 12.6 Å².